The molecule has 4 nitrogen and oxygen atoms in total. The fourth-order valence-electron chi connectivity index (χ4n) is 4.00. The van der Waals surface area contributed by atoms with Crippen LogP contribution in [0.15, 0.2) is 60.8 Å². The highest BCUT2D eigenvalue weighted by Crippen LogP contribution is 2.32. The van der Waals surface area contributed by atoms with Gasteiger partial charge < -0.3 is 9.72 Å². The second-order valence-corrected chi connectivity index (χ2v) is 8.41. The molecule has 0 saturated heterocycles. The second kappa shape index (κ2) is 9.35. The first-order chi connectivity index (χ1) is 15.4. The zero-order chi connectivity index (χ0) is 22.7. The Morgan fingerprint density at radius 3 is 2.72 bits per heavy atom. The van der Waals surface area contributed by atoms with Gasteiger partial charge in [0.2, 0.25) is 0 Å². The molecule has 0 amide bonds. The summed E-state index contributed by atoms with van der Waals surface area (Å²) in [5.41, 5.74) is 5.55. The highest BCUT2D eigenvalue weighted by molar-refractivity contribution is 5.90. The van der Waals surface area contributed by atoms with Crippen molar-refractivity contribution in [1.29, 1.82) is 0 Å². The van der Waals surface area contributed by atoms with Gasteiger partial charge in [0.1, 0.15) is 11.6 Å². The van der Waals surface area contributed by atoms with Gasteiger partial charge in [-0.05, 0) is 78.8 Å². The maximum atomic E-state index is 14.0. The Morgan fingerprint density at radius 1 is 1.12 bits per heavy atom. The van der Waals surface area contributed by atoms with E-state index in [-0.39, 0.29) is 24.1 Å². The number of nitrogens with zero attached hydrogens (tertiary/aromatic N) is 1. The number of benzene rings is 2. The zero-order valence-electron chi connectivity index (χ0n) is 18.6. The number of aryl methyl sites for hydroxylation is 2. The van der Waals surface area contributed by atoms with Crippen molar-refractivity contribution in [2.75, 3.05) is 0 Å². The van der Waals surface area contributed by atoms with Gasteiger partial charge in [-0.1, -0.05) is 32.0 Å². The van der Waals surface area contributed by atoms with Crippen LogP contribution in [-0.2, 0) is 11.2 Å². The topological polar surface area (TPSA) is 55.0 Å². The Kier molecular flexibility index (Phi) is 6.35. The molecule has 0 spiro atoms. The SMILES string of the molecule is Cc1ccc(C(C)C)c(OC(=O)CCCc2c(-c3ccccn3)[nH]c3ccc(F)cc23)c1. The van der Waals surface area contributed by atoms with Gasteiger partial charge in [0.15, 0.2) is 0 Å². The lowest BCUT2D eigenvalue weighted by molar-refractivity contribution is -0.134. The van der Waals surface area contributed by atoms with Gasteiger partial charge in [0, 0.05) is 23.5 Å². The lowest BCUT2D eigenvalue weighted by Crippen LogP contribution is -2.10. The summed E-state index contributed by atoms with van der Waals surface area (Å²) >= 11 is 0. The van der Waals surface area contributed by atoms with Gasteiger partial charge >= 0.3 is 5.97 Å². The van der Waals surface area contributed by atoms with E-state index in [1.54, 1.807) is 12.3 Å². The van der Waals surface area contributed by atoms with Crippen molar-refractivity contribution in [3.63, 3.8) is 0 Å². The van der Waals surface area contributed by atoms with Crippen LogP contribution in [-0.4, -0.2) is 15.9 Å². The molecule has 0 atom stereocenters. The number of ether oxygens (including phenoxy) is 1. The molecule has 0 saturated carbocycles. The number of halogens is 1. The predicted molar refractivity (Wildman–Crippen MR) is 125 cm³/mol. The quantitative estimate of drug-likeness (QED) is 0.261. The molecule has 5 heteroatoms. The first-order valence-corrected chi connectivity index (χ1v) is 10.9. The van der Waals surface area contributed by atoms with Crippen LogP contribution in [0, 0.1) is 12.7 Å². The number of carbonyl (C=O) groups is 1. The van der Waals surface area contributed by atoms with E-state index in [1.807, 2.05) is 43.3 Å². The smallest absolute Gasteiger partial charge is 0.311 e. The van der Waals surface area contributed by atoms with Gasteiger partial charge in [-0.3, -0.25) is 9.78 Å². The highest BCUT2D eigenvalue weighted by atomic mass is 19.1. The van der Waals surface area contributed by atoms with Crippen LogP contribution in [0.2, 0.25) is 0 Å². The molecule has 2 aromatic heterocycles. The predicted octanol–water partition coefficient (Wildman–Crippen LogP) is 6.73. The van der Waals surface area contributed by atoms with Gasteiger partial charge in [-0.25, -0.2) is 4.39 Å². The number of fused-ring (bicyclic) bond motifs is 1. The molecule has 0 aliphatic heterocycles. The highest BCUT2D eigenvalue weighted by Gasteiger charge is 2.16. The van der Waals surface area contributed by atoms with E-state index >= 15 is 0 Å². The van der Waals surface area contributed by atoms with Crippen molar-refractivity contribution in [3.05, 3.63) is 83.3 Å². The normalized spacial score (nSPS) is 11.3. The number of pyridine rings is 1. The Hall–Kier alpha value is -3.47. The second-order valence-electron chi connectivity index (χ2n) is 8.41. The van der Waals surface area contributed by atoms with E-state index < -0.39 is 0 Å². The molecule has 164 valence electrons. The number of esters is 1. The third-order valence-corrected chi connectivity index (χ3v) is 5.61. The number of H-pyrrole nitrogens is 1. The summed E-state index contributed by atoms with van der Waals surface area (Å²) in [6.07, 6.45) is 3.20. The Labute approximate surface area is 187 Å². The monoisotopic (exact) mass is 430 g/mol. The van der Waals surface area contributed by atoms with Crippen molar-refractivity contribution in [1.82, 2.24) is 9.97 Å². The number of hydrogen-bond acceptors (Lipinski definition) is 3. The molecule has 2 heterocycles. The standard InChI is InChI=1S/C27H27FN2O2/c1-17(2)20-12-10-18(3)15-25(20)32-26(31)9-6-7-21-22-16-19(28)11-13-23(22)30-27(21)24-8-4-5-14-29-24/h4-5,8,10-17,30H,6-7,9H2,1-3H3. The maximum absolute atomic E-state index is 14.0. The molecular weight excluding hydrogens is 403 g/mol. The summed E-state index contributed by atoms with van der Waals surface area (Å²) in [4.78, 5) is 20.4. The minimum absolute atomic E-state index is 0.261. The number of rotatable bonds is 7. The summed E-state index contributed by atoms with van der Waals surface area (Å²) < 4.78 is 19.7. The van der Waals surface area contributed by atoms with Crippen molar-refractivity contribution in [3.8, 4) is 17.1 Å². The number of aromatic amines is 1. The molecular formula is C27H27FN2O2. The van der Waals surface area contributed by atoms with Gasteiger partial charge in [-0.15, -0.1) is 0 Å². The van der Waals surface area contributed by atoms with E-state index in [0.29, 0.717) is 18.6 Å². The molecule has 0 aliphatic rings. The van der Waals surface area contributed by atoms with Crippen LogP contribution in [0.1, 0.15) is 49.3 Å². The number of aromatic nitrogens is 2. The Balaban J connectivity index is 1.52. The lowest BCUT2D eigenvalue weighted by atomic mass is 10.0. The fourth-order valence-corrected chi connectivity index (χ4v) is 4.00. The third kappa shape index (κ3) is 4.72. The largest absolute Gasteiger partial charge is 0.426 e. The minimum Gasteiger partial charge on any atom is -0.426 e. The van der Waals surface area contributed by atoms with E-state index in [2.05, 4.69) is 23.8 Å². The van der Waals surface area contributed by atoms with Gasteiger partial charge in [-0.2, -0.15) is 0 Å². The molecule has 1 N–H and O–H groups in total. The van der Waals surface area contributed by atoms with Crippen molar-refractivity contribution in [2.45, 2.75) is 46.0 Å². The van der Waals surface area contributed by atoms with Crippen LogP contribution in [0.25, 0.3) is 22.3 Å². The van der Waals surface area contributed by atoms with Crippen molar-refractivity contribution < 1.29 is 13.9 Å². The maximum Gasteiger partial charge on any atom is 0.311 e. The summed E-state index contributed by atoms with van der Waals surface area (Å²) in [5, 5.41) is 0.819. The fraction of sp³-hybridized carbons (Fsp3) is 0.259. The summed E-state index contributed by atoms with van der Waals surface area (Å²) in [7, 11) is 0. The molecule has 4 rings (SSSR count). The van der Waals surface area contributed by atoms with Crippen LogP contribution in [0.4, 0.5) is 4.39 Å². The Morgan fingerprint density at radius 2 is 1.97 bits per heavy atom. The van der Waals surface area contributed by atoms with E-state index in [9.17, 15) is 9.18 Å². The molecule has 32 heavy (non-hydrogen) atoms. The molecule has 0 radical (unpaired) electrons. The lowest BCUT2D eigenvalue weighted by Gasteiger charge is -2.13. The summed E-state index contributed by atoms with van der Waals surface area (Å²) in [6.45, 7) is 6.14. The summed E-state index contributed by atoms with van der Waals surface area (Å²) in [5.74, 6) is 0.349. The van der Waals surface area contributed by atoms with Crippen LogP contribution >= 0.6 is 0 Å². The van der Waals surface area contributed by atoms with E-state index in [4.69, 9.17) is 4.74 Å². The number of nitrogens with one attached hydrogen (secondary N) is 1. The van der Waals surface area contributed by atoms with Crippen molar-refractivity contribution in [2.24, 2.45) is 0 Å². The van der Waals surface area contributed by atoms with Crippen LogP contribution < -0.4 is 4.74 Å². The first kappa shape index (κ1) is 21.8. The average Bonchev–Trinajstić information content (AvgIpc) is 3.12. The third-order valence-electron chi connectivity index (χ3n) is 5.61. The minimum atomic E-state index is -0.287. The zero-order valence-corrected chi connectivity index (χ0v) is 18.6. The van der Waals surface area contributed by atoms with E-state index in [1.165, 1.54) is 12.1 Å². The molecule has 4 aromatic rings. The number of carbonyl (C=O) groups excluding carboxylic acids is 1. The Bertz CT molecular complexity index is 1250. The first-order valence-electron chi connectivity index (χ1n) is 10.9. The molecule has 2 aromatic carbocycles. The molecule has 0 unspecified atom stereocenters. The number of hydrogen-bond donors (Lipinski definition) is 1. The molecule has 0 bridgehead atoms. The van der Waals surface area contributed by atoms with Crippen molar-refractivity contribution >= 4 is 16.9 Å². The average molecular weight is 431 g/mol. The van der Waals surface area contributed by atoms with Crippen LogP contribution in [0.5, 0.6) is 5.75 Å². The van der Waals surface area contributed by atoms with E-state index in [0.717, 1.165) is 39.0 Å². The summed E-state index contributed by atoms with van der Waals surface area (Å²) in [6, 6.07) is 16.4. The molecule has 0 fully saturated rings. The van der Waals surface area contributed by atoms with Gasteiger partial charge in [0.05, 0.1) is 11.4 Å². The molecule has 0 aliphatic carbocycles. The van der Waals surface area contributed by atoms with Crippen LogP contribution in [0.3, 0.4) is 0 Å². The van der Waals surface area contributed by atoms with Gasteiger partial charge in [0.25, 0.3) is 0 Å².